The van der Waals surface area contributed by atoms with E-state index in [-0.39, 0.29) is 17.8 Å². The van der Waals surface area contributed by atoms with E-state index in [1.54, 1.807) is 40.7 Å². The number of Topliss-reactive ketones (excluding diaryl/α,β-unsaturated/α-hetero) is 1. The van der Waals surface area contributed by atoms with E-state index in [0.717, 1.165) is 0 Å². The van der Waals surface area contributed by atoms with E-state index in [9.17, 15) is 30.0 Å². The SMILES string of the molecule is CC1=CC23C(=O)[C@@H](C=C(CO)[C@@H](O)[C@]2(O)[C@H]1OC(=O)C(C)(C)C)[C@@H]1C(C)(C)[C@]1(O)CC3C. The monoisotopic (exact) mass is 448 g/mol. The molecule has 7 nitrogen and oxygen atoms in total. The van der Waals surface area contributed by atoms with Crippen LogP contribution in [0.25, 0.3) is 0 Å². The second kappa shape index (κ2) is 6.53. The molecule has 2 fully saturated rings. The Morgan fingerprint density at radius 3 is 2.38 bits per heavy atom. The number of rotatable bonds is 2. The van der Waals surface area contributed by atoms with E-state index in [4.69, 9.17) is 4.74 Å². The standard InChI is InChI=1S/C25H36O7/c1-12-9-23-13(2)10-24(30)16(22(24,6)7)15(18(23)28)8-14(11-26)17(27)25(23,31)19(12)32-20(29)21(3,4)5/h8-9,13,15-17,19,26-27,30-31H,10-11H2,1-7H3/t13?,15-,16+,17+,19-,23?,24-,25-/m0/s1. The number of ketones is 1. The van der Waals surface area contributed by atoms with Gasteiger partial charge in [0.15, 0.2) is 17.5 Å². The first kappa shape index (κ1) is 23.6. The number of carbonyl (C=O) groups is 2. The fraction of sp³-hybridized carbons (Fsp3) is 0.760. The number of ether oxygens (including phenoxy) is 1. The number of esters is 1. The van der Waals surface area contributed by atoms with Gasteiger partial charge in [0.25, 0.3) is 0 Å². The van der Waals surface area contributed by atoms with Crippen LogP contribution in [0.1, 0.15) is 54.9 Å². The molecule has 2 saturated carbocycles. The molecule has 178 valence electrons. The van der Waals surface area contributed by atoms with Crippen molar-refractivity contribution in [3.63, 3.8) is 0 Å². The van der Waals surface area contributed by atoms with Gasteiger partial charge in [0.05, 0.1) is 23.0 Å². The van der Waals surface area contributed by atoms with Crippen molar-refractivity contribution in [3.8, 4) is 0 Å². The summed E-state index contributed by atoms with van der Waals surface area (Å²) in [7, 11) is 0. The van der Waals surface area contributed by atoms with Crippen LogP contribution in [-0.4, -0.2) is 62.2 Å². The fourth-order valence-electron chi connectivity index (χ4n) is 6.98. The summed E-state index contributed by atoms with van der Waals surface area (Å²) in [4.78, 5) is 27.0. The molecule has 0 heterocycles. The van der Waals surface area contributed by atoms with Gasteiger partial charge in [0, 0.05) is 17.3 Å². The van der Waals surface area contributed by atoms with Crippen molar-refractivity contribution in [2.75, 3.05) is 6.61 Å². The maximum absolute atomic E-state index is 14.2. The number of aliphatic hydroxyl groups excluding tert-OH is 2. The van der Waals surface area contributed by atoms with E-state index in [1.807, 2.05) is 13.8 Å². The molecular formula is C25H36O7. The van der Waals surface area contributed by atoms with Crippen molar-refractivity contribution in [1.82, 2.24) is 0 Å². The van der Waals surface area contributed by atoms with Crippen LogP contribution in [-0.2, 0) is 14.3 Å². The molecule has 4 rings (SSSR count). The highest BCUT2D eigenvalue weighted by Gasteiger charge is 2.81. The molecule has 0 aromatic rings. The quantitative estimate of drug-likeness (QED) is 0.373. The van der Waals surface area contributed by atoms with Gasteiger partial charge in [-0.1, -0.05) is 32.9 Å². The number of hydrogen-bond donors (Lipinski definition) is 4. The molecule has 32 heavy (non-hydrogen) atoms. The summed E-state index contributed by atoms with van der Waals surface area (Å²) in [5, 5.41) is 45.3. The maximum atomic E-state index is 14.2. The molecule has 0 saturated heterocycles. The van der Waals surface area contributed by atoms with Gasteiger partial charge in [-0.25, -0.2) is 0 Å². The summed E-state index contributed by atoms with van der Waals surface area (Å²) in [6, 6.07) is 0. The van der Waals surface area contributed by atoms with Crippen LogP contribution >= 0.6 is 0 Å². The smallest absolute Gasteiger partial charge is 0.311 e. The topological polar surface area (TPSA) is 124 Å². The van der Waals surface area contributed by atoms with Crippen LogP contribution in [0.4, 0.5) is 0 Å². The Hall–Kier alpha value is -1.54. The molecule has 0 aromatic heterocycles. The molecule has 4 N–H and O–H groups in total. The molecule has 2 bridgehead atoms. The summed E-state index contributed by atoms with van der Waals surface area (Å²) in [6.45, 7) is 11.8. The Morgan fingerprint density at radius 1 is 1.25 bits per heavy atom. The Bertz CT molecular complexity index is 940. The molecule has 0 amide bonds. The first-order valence-corrected chi connectivity index (χ1v) is 11.4. The summed E-state index contributed by atoms with van der Waals surface area (Å²) in [5.74, 6) is -2.61. The van der Waals surface area contributed by atoms with Gasteiger partial charge in [-0.3, -0.25) is 9.59 Å². The summed E-state index contributed by atoms with van der Waals surface area (Å²) in [5.41, 5.74) is -5.69. The Balaban J connectivity index is 1.94. The van der Waals surface area contributed by atoms with Crippen LogP contribution in [0.15, 0.2) is 23.3 Å². The average Bonchev–Trinajstić information content (AvgIpc) is 3.04. The molecule has 8 atom stereocenters. The highest BCUT2D eigenvalue weighted by Crippen LogP contribution is 2.73. The van der Waals surface area contributed by atoms with Gasteiger partial charge < -0.3 is 25.2 Å². The third-order valence-electron chi connectivity index (χ3n) is 8.90. The normalized spacial score (nSPS) is 46.8. The largest absolute Gasteiger partial charge is 0.454 e. The summed E-state index contributed by atoms with van der Waals surface area (Å²) >= 11 is 0. The van der Waals surface area contributed by atoms with Crippen LogP contribution in [0.2, 0.25) is 0 Å². The van der Waals surface area contributed by atoms with Gasteiger partial charge in [0.2, 0.25) is 0 Å². The molecule has 0 aliphatic heterocycles. The lowest BCUT2D eigenvalue weighted by atomic mass is 9.59. The maximum Gasteiger partial charge on any atom is 0.311 e. The summed E-state index contributed by atoms with van der Waals surface area (Å²) in [6.07, 6.45) is 0.545. The van der Waals surface area contributed by atoms with E-state index in [1.165, 1.54) is 6.08 Å². The lowest BCUT2D eigenvalue weighted by Gasteiger charge is -2.49. The predicted molar refractivity (Wildman–Crippen MR) is 116 cm³/mol. The minimum atomic E-state index is -2.20. The zero-order chi connectivity index (χ0) is 24.2. The second-order valence-electron chi connectivity index (χ2n) is 12.0. The molecule has 7 heteroatoms. The van der Waals surface area contributed by atoms with Gasteiger partial charge in [-0.05, 0) is 51.2 Å². The van der Waals surface area contributed by atoms with Gasteiger partial charge in [-0.2, -0.15) is 0 Å². The highest BCUT2D eigenvalue weighted by atomic mass is 16.6. The molecular weight excluding hydrogens is 412 g/mol. The van der Waals surface area contributed by atoms with E-state index in [0.29, 0.717) is 5.57 Å². The molecule has 0 radical (unpaired) electrons. The number of allylic oxidation sites excluding steroid dienone is 1. The molecule has 0 aromatic carbocycles. The molecule has 1 spiro atoms. The van der Waals surface area contributed by atoms with Crippen molar-refractivity contribution in [3.05, 3.63) is 23.3 Å². The minimum absolute atomic E-state index is 0.104. The predicted octanol–water partition coefficient (Wildman–Crippen LogP) is 1.53. The Labute approximate surface area is 189 Å². The fourth-order valence-corrected chi connectivity index (χ4v) is 6.98. The highest BCUT2D eigenvalue weighted by molar-refractivity contribution is 5.96. The molecule has 4 aliphatic rings. The number of hydrogen-bond acceptors (Lipinski definition) is 7. The second-order valence-corrected chi connectivity index (χ2v) is 12.0. The first-order chi connectivity index (χ1) is 14.5. The van der Waals surface area contributed by atoms with Crippen molar-refractivity contribution in [2.24, 2.45) is 34.0 Å². The Morgan fingerprint density at radius 2 is 1.84 bits per heavy atom. The van der Waals surface area contributed by atoms with Crippen molar-refractivity contribution in [1.29, 1.82) is 0 Å². The number of carbonyl (C=O) groups excluding carboxylic acids is 2. The van der Waals surface area contributed by atoms with Crippen LogP contribution in [0.3, 0.4) is 0 Å². The zero-order valence-corrected chi connectivity index (χ0v) is 20.0. The molecule has 4 aliphatic carbocycles. The van der Waals surface area contributed by atoms with E-state index >= 15 is 0 Å². The lowest BCUT2D eigenvalue weighted by molar-refractivity contribution is -0.207. The summed E-state index contributed by atoms with van der Waals surface area (Å²) < 4.78 is 5.77. The third kappa shape index (κ3) is 2.51. The van der Waals surface area contributed by atoms with Gasteiger partial charge in [-0.15, -0.1) is 0 Å². The zero-order valence-electron chi connectivity index (χ0n) is 20.0. The van der Waals surface area contributed by atoms with Crippen molar-refractivity contribution < 1.29 is 34.8 Å². The van der Waals surface area contributed by atoms with E-state index in [2.05, 4.69) is 0 Å². The van der Waals surface area contributed by atoms with Crippen LogP contribution < -0.4 is 0 Å². The average molecular weight is 449 g/mol. The molecule has 2 unspecified atom stereocenters. The van der Waals surface area contributed by atoms with Crippen LogP contribution in [0, 0.1) is 34.0 Å². The first-order valence-electron chi connectivity index (χ1n) is 11.4. The third-order valence-corrected chi connectivity index (χ3v) is 8.90. The van der Waals surface area contributed by atoms with Gasteiger partial charge >= 0.3 is 5.97 Å². The van der Waals surface area contributed by atoms with Crippen molar-refractivity contribution in [2.45, 2.75) is 78.3 Å². The van der Waals surface area contributed by atoms with Gasteiger partial charge in [0.1, 0.15) is 6.10 Å². The van der Waals surface area contributed by atoms with E-state index < -0.39 is 70.0 Å². The minimum Gasteiger partial charge on any atom is -0.454 e. The number of aliphatic hydroxyl groups is 4. The number of fused-ring (bicyclic) bond motifs is 3. The van der Waals surface area contributed by atoms with Crippen LogP contribution in [0.5, 0.6) is 0 Å². The lowest BCUT2D eigenvalue weighted by Crippen LogP contribution is -2.66. The Kier molecular flexibility index (Phi) is 4.82. The van der Waals surface area contributed by atoms with Crippen molar-refractivity contribution >= 4 is 11.8 Å².